The summed E-state index contributed by atoms with van der Waals surface area (Å²) >= 11 is 0. The van der Waals surface area contributed by atoms with Crippen LogP contribution < -0.4 is 4.74 Å². The van der Waals surface area contributed by atoms with Crippen LogP contribution in [0.2, 0.25) is 0 Å². The topological polar surface area (TPSA) is 22.1 Å². The normalized spacial score (nSPS) is 10.3. The number of pyridine rings is 1. The van der Waals surface area contributed by atoms with E-state index in [4.69, 9.17) is 4.74 Å². The van der Waals surface area contributed by atoms with Crippen molar-refractivity contribution in [2.24, 2.45) is 0 Å². The average molecular weight is 177 g/mol. The maximum Gasteiger partial charge on any atom is 0.221 e. The predicted octanol–water partition coefficient (Wildman–Crippen LogP) is 2.38. The van der Waals surface area contributed by atoms with Crippen LogP contribution in [0.25, 0.3) is 10.8 Å². The molecule has 0 atom stereocenters. The molecule has 0 saturated heterocycles. The Bertz CT molecular complexity index is 442. The Morgan fingerprint density at radius 3 is 2.85 bits per heavy atom. The third-order valence-electron chi connectivity index (χ3n) is 1.91. The van der Waals surface area contributed by atoms with Crippen LogP contribution in [0.3, 0.4) is 0 Å². The largest absolute Gasteiger partial charge is 0.481 e. The van der Waals surface area contributed by atoms with Crippen molar-refractivity contribution < 1.29 is 9.13 Å². The number of nitrogens with zero attached hydrogens (tertiary/aromatic N) is 1. The Morgan fingerprint density at radius 2 is 2.08 bits per heavy atom. The van der Waals surface area contributed by atoms with Crippen LogP contribution in [-0.2, 0) is 0 Å². The lowest BCUT2D eigenvalue weighted by molar-refractivity contribution is 0.403. The molecule has 0 radical (unpaired) electrons. The number of ether oxygens (including phenoxy) is 1. The molecule has 13 heavy (non-hydrogen) atoms. The highest BCUT2D eigenvalue weighted by Crippen LogP contribution is 2.24. The van der Waals surface area contributed by atoms with Crippen molar-refractivity contribution in [1.29, 1.82) is 0 Å². The van der Waals surface area contributed by atoms with Gasteiger partial charge in [0.2, 0.25) is 5.88 Å². The van der Waals surface area contributed by atoms with E-state index in [1.807, 2.05) is 0 Å². The zero-order valence-electron chi connectivity index (χ0n) is 7.12. The minimum absolute atomic E-state index is 0.252. The van der Waals surface area contributed by atoms with E-state index in [9.17, 15) is 4.39 Å². The molecule has 0 fully saturated rings. The fraction of sp³-hybridized carbons (Fsp3) is 0.100. The third kappa shape index (κ3) is 1.22. The lowest BCUT2D eigenvalue weighted by atomic mass is 10.1. The quantitative estimate of drug-likeness (QED) is 0.667. The summed E-state index contributed by atoms with van der Waals surface area (Å²) in [5.41, 5.74) is 0. The molecule has 0 amide bonds. The first-order valence-corrected chi connectivity index (χ1v) is 3.90. The van der Waals surface area contributed by atoms with Crippen molar-refractivity contribution >= 4 is 10.8 Å². The van der Waals surface area contributed by atoms with Crippen LogP contribution >= 0.6 is 0 Å². The molecule has 2 rings (SSSR count). The Morgan fingerprint density at radius 1 is 1.23 bits per heavy atom. The highest BCUT2D eigenvalue weighted by Gasteiger charge is 2.04. The summed E-state index contributed by atoms with van der Waals surface area (Å²) in [6, 6.07) is 6.47. The Balaban J connectivity index is 2.84. The van der Waals surface area contributed by atoms with Crippen molar-refractivity contribution in [1.82, 2.24) is 4.98 Å². The Hall–Kier alpha value is -1.64. The summed E-state index contributed by atoms with van der Waals surface area (Å²) in [6.45, 7) is 0. The van der Waals surface area contributed by atoms with Gasteiger partial charge in [-0.25, -0.2) is 9.37 Å². The van der Waals surface area contributed by atoms with E-state index in [1.54, 1.807) is 18.2 Å². The Labute approximate surface area is 75.0 Å². The van der Waals surface area contributed by atoms with E-state index in [-0.39, 0.29) is 5.82 Å². The number of hydrogen-bond donors (Lipinski definition) is 0. The number of fused-ring (bicyclic) bond motifs is 1. The third-order valence-corrected chi connectivity index (χ3v) is 1.91. The highest BCUT2D eigenvalue weighted by atomic mass is 19.1. The fourth-order valence-corrected chi connectivity index (χ4v) is 1.30. The molecule has 0 spiro atoms. The van der Waals surface area contributed by atoms with Crippen molar-refractivity contribution in [2.45, 2.75) is 0 Å². The molecule has 66 valence electrons. The first-order valence-electron chi connectivity index (χ1n) is 3.90. The predicted molar refractivity (Wildman–Crippen MR) is 48.3 cm³/mol. The number of hydrogen-bond acceptors (Lipinski definition) is 2. The van der Waals surface area contributed by atoms with Gasteiger partial charge >= 0.3 is 0 Å². The van der Waals surface area contributed by atoms with Crippen molar-refractivity contribution in [3.63, 3.8) is 0 Å². The Kier molecular flexibility index (Phi) is 1.85. The minimum atomic E-state index is -0.252. The van der Waals surface area contributed by atoms with Crippen molar-refractivity contribution in [3.05, 3.63) is 36.3 Å². The number of rotatable bonds is 1. The smallest absolute Gasteiger partial charge is 0.221 e. The van der Waals surface area contributed by atoms with Crippen molar-refractivity contribution in [2.75, 3.05) is 7.11 Å². The summed E-state index contributed by atoms with van der Waals surface area (Å²) in [7, 11) is 1.52. The molecular weight excluding hydrogens is 169 g/mol. The summed E-state index contributed by atoms with van der Waals surface area (Å²) in [5.74, 6) is 0.204. The van der Waals surface area contributed by atoms with Gasteiger partial charge in [0.1, 0.15) is 5.82 Å². The van der Waals surface area contributed by atoms with Crippen LogP contribution in [-0.4, -0.2) is 12.1 Å². The molecule has 0 saturated carbocycles. The highest BCUT2D eigenvalue weighted by molar-refractivity contribution is 5.87. The molecule has 0 bridgehead atoms. The zero-order valence-corrected chi connectivity index (χ0v) is 7.12. The van der Waals surface area contributed by atoms with E-state index >= 15 is 0 Å². The van der Waals surface area contributed by atoms with E-state index in [2.05, 4.69) is 4.98 Å². The van der Waals surface area contributed by atoms with Gasteiger partial charge in [0.05, 0.1) is 7.11 Å². The van der Waals surface area contributed by atoms with Gasteiger partial charge in [0.15, 0.2) is 0 Å². The standard InChI is InChI=1S/C10H8FNO/c1-13-10-8-3-2-4-9(11)7(8)5-6-12-10/h2-6H,1H3. The van der Waals surface area contributed by atoms with Crippen LogP contribution in [0.15, 0.2) is 30.5 Å². The molecule has 0 aliphatic heterocycles. The summed E-state index contributed by atoms with van der Waals surface area (Å²) in [6.07, 6.45) is 1.53. The molecule has 0 unspecified atom stereocenters. The first-order chi connectivity index (χ1) is 6.33. The van der Waals surface area contributed by atoms with Gasteiger partial charge in [0, 0.05) is 17.0 Å². The molecule has 0 aliphatic rings. The van der Waals surface area contributed by atoms with Gasteiger partial charge in [-0.2, -0.15) is 0 Å². The van der Waals surface area contributed by atoms with E-state index < -0.39 is 0 Å². The van der Waals surface area contributed by atoms with Gasteiger partial charge in [-0.1, -0.05) is 6.07 Å². The molecule has 1 heterocycles. The zero-order chi connectivity index (χ0) is 9.26. The SMILES string of the molecule is COc1nccc2c(F)cccc12. The molecule has 2 nitrogen and oxygen atoms in total. The van der Waals surface area contributed by atoms with Crippen LogP contribution in [0, 0.1) is 5.82 Å². The molecule has 0 N–H and O–H groups in total. The molecule has 1 aromatic carbocycles. The number of methoxy groups -OCH3 is 1. The molecule has 0 aliphatic carbocycles. The number of aromatic nitrogens is 1. The fourth-order valence-electron chi connectivity index (χ4n) is 1.30. The maximum atomic E-state index is 13.2. The monoisotopic (exact) mass is 177 g/mol. The second-order valence-electron chi connectivity index (χ2n) is 2.66. The summed E-state index contributed by atoms with van der Waals surface area (Å²) in [4.78, 5) is 3.98. The summed E-state index contributed by atoms with van der Waals surface area (Å²) < 4.78 is 18.2. The van der Waals surface area contributed by atoms with E-state index in [0.29, 0.717) is 16.7 Å². The number of benzene rings is 1. The molecule has 1 aromatic heterocycles. The minimum Gasteiger partial charge on any atom is -0.481 e. The average Bonchev–Trinajstić information content (AvgIpc) is 2.18. The van der Waals surface area contributed by atoms with Crippen LogP contribution in [0.1, 0.15) is 0 Å². The summed E-state index contributed by atoms with van der Waals surface area (Å²) in [5, 5.41) is 1.24. The molecular formula is C10H8FNO. The van der Waals surface area contributed by atoms with Crippen LogP contribution in [0.4, 0.5) is 4.39 Å². The second-order valence-corrected chi connectivity index (χ2v) is 2.66. The van der Waals surface area contributed by atoms with Gasteiger partial charge in [-0.3, -0.25) is 0 Å². The van der Waals surface area contributed by atoms with Gasteiger partial charge < -0.3 is 4.74 Å². The van der Waals surface area contributed by atoms with E-state index in [1.165, 1.54) is 19.4 Å². The maximum absolute atomic E-state index is 13.2. The van der Waals surface area contributed by atoms with Crippen molar-refractivity contribution in [3.8, 4) is 5.88 Å². The number of halogens is 1. The van der Waals surface area contributed by atoms with Crippen LogP contribution in [0.5, 0.6) is 5.88 Å². The molecule has 2 aromatic rings. The second kappa shape index (κ2) is 3.01. The van der Waals surface area contributed by atoms with E-state index in [0.717, 1.165) is 0 Å². The van der Waals surface area contributed by atoms with Gasteiger partial charge in [0.25, 0.3) is 0 Å². The lowest BCUT2D eigenvalue weighted by Crippen LogP contribution is -1.89. The molecule has 3 heteroatoms. The lowest BCUT2D eigenvalue weighted by Gasteiger charge is -2.03. The van der Waals surface area contributed by atoms with Gasteiger partial charge in [-0.15, -0.1) is 0 Å². The first kappa shape index (κ1) is 7.98. The van der Waals surface area contributed by atoms with Gasteiger partial charge in [-0.05, 0) is 18.2 Å².